The van der Waals surface area contributed by atoms with E-state index < -0.39 is 36.3 Å². The number of morpholine rings is 1. The first-order chi connectivity index (χ1) is 20.3. The summed E-state index contributed by atoms with van der Waals surface area (Å²) in [6.07, 6.45) is -9.05. The van der Waals surface area contributed by atoms with Gasteiger partial charge in [-0.05, 0) is 41.0 Å². The second kappa shape index (κ2) is 11.0. The Hall–Kier alpha value is -3.36. The maximum atomic E-state index is 14.3. The number of anilines is 1. The van der Waals surface area contributed by atoms with Crippen molar-refractivity contribution in [2.24, 2.45) is 5.10 Å². The van der Waals surface area contributed by atoms with E-state index in [4.69, 9.17) is 9.47 Å². The lowest BCUT2D eigenvalue weighted by Crippen LogP contribution is -2.52. The van der Waals surface area contributed by atoms with E-state index in [0.29, 0.717) is 25.3 Å². The van der Waals surface area contributed by atoms with Crippen molar-refractivity contribution >= 4 is 17.9 Å². The van der Waals surface area contributed by atoms with Gasteiger partial charge in [0, 0.05) is 49.8 Å². The van der Waals surface area contributed by atoms with Crippen molar-refractivity contribution < 1.29 is 40.6 Å². The zero-order chi connectivity index (χ0) is 30.6. The van der Waals surface area contributed by atoms with E-state index in [0.717, 1.165) is 11.6 Å². The van der Waals surface area contributed by atoms with Gasteiger partial charge in [0.2, 0.25) is 0 Å². The number of amides is 1. The number of nitrogens with zero attached hydrogens (tertiary/aromatic N) is 4. The molecule has 8 nitrogen and oxygen atoms in total. The standard InChI is InChI=1S/C29H31F6N5O3/c1-38-17-36-37-25(38)11-27(15-42-16-27)19-3-2-4-20(9-19)40-14-23-22(26(40)41)7-18(8-24(23)29(33,34)35)12-39-5-6-43-21(13-39)10-28(30,31)32/h2-4,7-9,17,21,25,37H,5-6,10-16H2,1H3. The van der Waals surface area contributed by atoms with Gasteiger partial charge in [-0.25, -0.2) is 0 Å². The number of benzene rings is 2. The highest BCUT2D eigenvalue weighted by molar-refractivity contribution is 6.10. The summed E-state index contributed by atoms with van der Waals surface area (Å²) >= 11 is 0. The van der Waals surface area contributed by atoms with E-state index in [1.807, 2.05) is 24.1 Å². The topological polar surface area (TPSA) is 69.6 Å². The van der Waals surface area contributed by atoms with E-state index >= 15 is 0 Å². The Morgan fingerprint density at radius 3 is 2.56 bits per heavy atom. The number of carbonyl (C=O) groups excluding carboxylic acids is 1. The van der Waals surface area contributed by atoms with Gasteiger partial charge >= 0.3 is 12.4 Å². The number of hydrogen-bond donors (Lipinski definition) is 1. The van der Waals surface area contributed by atoms with Crippen LogP contribution in [0.4, 0.5) is 32.0 Å². The molecule has 0 saturated carbocycles. The van der Waals surface area contributed by atoms with Gasteiger partial charge in [0.15, 0.2) is 0 Å². The molecule has 2 atom stereocenters. The highest BCUT2D eigenvalue weighted by atomic mass is 19.4. The van der Waals surface area contributed by atoms with Gasteiger partial charge in [-0.15, -0.1) is 0 Å². The Labute approximate surface area is 244 Å². The minimum atomic E-state index is -4.72. The predicted octanol–water partition coefficient (Wildman–Crippen LogP) is 4.48. The molecule has 0 bridgehead atoms. The molecule has 2 aromatic rings. The van der Waals surface area contributed by atoms with Crippen molar-refractivity contribution in [3.05, 3.63) is 64.2 Å². The Morgan fingerprint density at radius 2 is 1.91 bits per heavy atom. The van der Waals surface area contributed by atoms with Crippen LogP contribution in [-0.4, -0.2) is 80.4 Å². The fraction of sp³-hybridized carbons (Fsp3) is 0.517. The third kappa shape index (κ3) is 6.04. The SMILES string of the molecule is CN1C=NNC1CC1(c2cccc(N3Cc4c(cc(CN5CCOC(CC(F)(F)F)C5)cc4C(F)(F)F)C3=O)c2)COC1. The van der Waals surface area contributed by atoms with Crippen molar-refractivity contribution in [2.45, 2.75) is 56.0 Å². The van der Waals surface area contributed by atoms with Crippen LogP contribution in [0.15, 0.2) is 41.5 Å². The van der Waals surface area contributed by atoms with Crippen LogP contribution in [0.5, 0.6) is 0 Å². The molecule has 43 heavy (non-hydrogen) atoms. The Balaban J connectivity index is 1.25. The molecule has 4 aliphatic rings. The molecule has 0 spiro atoms. The molecule has 1 amide bonds. The second-order valence-corrected chi connectivity index (χ2v) is 11.7. The maximum absolute atomic E-state index is 14.3. The number of ether oxygens (including phenoxy) is 2. The van der Waals surface area contributed by atoms with Crippen LogP contribution < -0.4 is 10.3 Å². The molecular weight excluding hydrogens is 580 g/mol. The average Bonchev–Trinajstić information content (AvgIpc) is 3.46. The number of nitrogens with one attached hydrogen (secondary N) is 1. The molecule has 4 heterocycles. The summed E-state index contributed by atoms with van der Waals surface area (Å²) in [5.74, 6) is -0.555. The monoisotopic (exact) mass is 611 g/mol. The van der Waals surface area contributed by atoms with Crippen LogP contribution in [-0.2, 0) is 34.2 Å². The van der Waals surface area contributed by atoms with Gasteiger partial charge in [-0.2, -0.15) is 31.4 Å². The smallest absolute Gasteiger partial charge is 0.379 e. The van der Waals surface area contributed by atoms with Crippen LogP contribution in [0.1, 0.15) is 45.5 Å². The Bertz CT molecular complexity index is 1410. The first kappa shape index (κ1) is 29.7. The molecule has 2 unspecified atom stereocenters. The lowest BCUT2D eigenvalue weighted by molar-refractivity contribution is -0.171. The van der Waals surface area contributed by atoms with E-state index in [2.05, 4.69) is 10.5 Å². The van der Waals surface area contributed by atoms with E-state index in [1.54, 1.807) is 23.4 Å². The van der Waals surface area contributed by atoms with Gasteiger partial charge in [0.1, 0.15) is 12.5 Å². The van der Waals surface area contributed by atoms with Gasteiger partial charge in [0.05, 0.1) is 44.5 Å². The highest BCUT2D eigenvalue weighted by Crippen LogP contribution is 2.42. The molecule has 232 valence electrons. The van der Waals surface area contributed by atoms with Gasteiger partial charge < -0.3 is 19.3 Å². The number of carbonyl (C=O) groups is 1. The first-order valence-electron chi connectivity index (χ1n) is 14.0. The summed E-state index contributed by atoms with van der Waals surface area (Å²) in [6.45, 7) is 0.869. The van der Waals surface area contributed by atoms with Crippen molar-refractivity contribution in [1.82, 2.24) is 15.2 Å². The maximum Gasteiger partial charge on any atom is 0.416 e. The van der Waals surface area contributed by atoms with Crippen molar-refractivity contribution in [2.75, 3.05) is 44.9 Å². The molecule has 0 radical (unpaired) electrons. The number of hydrogen-bond acceptors (Lipinski definition) is 7. The molecule has 2 aromatic carbocycles. The van der Waals surface area contributed by atoms with Crippen molar-refractivity contribution in [1.29, 1.82) is 0 Å². The predicted molar refractivity (Wildman–Crippen MR) is 144 cm³/mol. The Morgan fingerprint density at radius 1 is 1.12 bits per heavy atom. The summed E-state index contributed by atoms with van der Waals surface area (Å²) < 4.78 is 92.3. The number of fused-ring (bicyclic) bond motifs is 1. The molecule has 4 aliphatic heterocycles. The zero-order valence-corrected chi connectivity index (χ0v) is 23.3. The number of hydrazone groups is 1. The number of halogens is 6. The van der Waals surface area contributed by atoms with Crippen LogP contribution in [0.2, 0.25) is 0 Å². The molecule has 14 heteroatoms. The average molecular weight is 612 g/mol. The summed E-state index contributed by atoms with van der Waals surface area (Å²) in [5, 5.41) is 4.10. The van der Waals surface area contributed by atoms with Gasteiger partial charge in [-0.1, -0.05) is 12.1 Å². The van der Waals surface area contributed by atoms with Crippen LogP contribution >= 0.6 is 0 Å². The molecule has 6 rings (SSSR count). The highest BCUT2D eigenvalue weighted by Gasteiger charge is 2.45. The fourth-order valence-corrected chi connectivity index (χ4v) is 6.28. The summed E-state index contributed by atoms with van der Waals surface area (Å²) in [6, 6.07) is 9.71. The summed E-state index contributed by atoms with van der Waals surface area (Å²) in [5.41, 5.74) is 3.25. The van der Waals surface area contributed by atoms with Crippen LogP contribution in [0, 0.1) is 0 Å². The third-order valence-electron chi connectivity index (χ3n) is 8.56. The number of rotatable bonds is 7. The molecule has 2 fully saturated rings. The largest absolute Gasteiger partial charge is 0.416 e. The van der Waals surface area contributed by atoms with Crippen molar-refractivity contribution in [3.63, 3.8) is 0 Å². The van der Waals surface area contributed by atoms with E-state index in [1.165, 1.54) is 11.0 Å². The zero-order valence-electron chi connectivity index (χ0n) is 23.3. The summed E-state index contributed by atoms with van der Waals surface area (Å²) in [4.78, 5) is 18.6. The van der Waals surface area contributed by atoms with Crippen LogP contribution in [0.25, 0.3) is 0 Å². The molecule has 0 aromatic heterocycles. The molecule has 2 saturated heterocycles. The fourth-order valence-electron chi connectivity index (χ4n) is 6.28. The quantitative estimate of drug-likeness (QED) is 0.466. The lowest BCUT2D eigenvalue weighted by atomic mass is 9.74. The normalized spacial score (nSPS) is 23.8. The van der Waals surface area contributed by atoms with E-state index in [-0.39, 0.29) is 61.1 Å². The van der Waals surface area contributed by atoms with Crippen LogP contribution in [0.3, 0.4) is 0 Å². The van der Waals surface area contributed by atoms with Gasteiger partial charge in [0.25, 0.3) is 5.91 Å². The molecule has 0 aliphatic carbocycles. The van der Waals surface area contributed by atoms with Gasteiger partial charge in [-0.3, -0.25) is 15.1 Å². The Kier molecular flexibility index (Phi) is 7.58. The minimum absolute atomic E-state index is 0.0350. The number of alkyl halides is 6. The first-order valence-corrected chi connectivity index (χ1v) is 14.0. The summed E-state index contributed by atoms with van der Waals surface area (Å²) in [7, 11) is 1.91. The lowest BCUT2D eigenvalue weighted by Gasteiger charge is -2.44. The third-order valence-corrected chi connectivity index (χ3v) is 8.56. The van der Waals surface area contributed by atoms with Crippen molar-refractivity contribution in [3.8, 4) is 0 Å². The molecular formula is C29H31F6N5O3. The van der Waals surface area contributed by atoms with E-state index in [9.17, 15) is 31.1 Å². The minimum Gasteiger partial charge on any atom is -0.379 e. The molecule has 1 N–H and O–H groups in total. The second-order valence-electron chi connectivity index (χ2n) is 11.7.